The van der Waals surface area contributed by atoms with Crippen LogP contribution in [0, 0.1) is 0 Å². The highest BCUT2D eigenvalue weighted by Gasteiger charge is 2.26. The fraction of sp³-hybridized carbons (Fsp3) is 0.522. The van der Waals surface area contributed by atoms with Crippen molar-refractivity contribution in [1.82, 2.24) is 14.2 Å². The Morgan fingerprint density at radius 2 is 1.65 bits per heavy atom. The van der Waals surface area contributed by atoms with Crippen LogP contribution in [0.5, 0.6) is 5.75 Å². The zero-order valence-electron chi connectivity index (χ0n) is 18.2. The molecule has 1 aromatic carbocycles. The van der Waals surface area contributed by atoms with E-state index in [1.807, 2.05) is 18.2 Å². The second-order valence-electron chi connectivity index (χ2n) is 8.28. The van der Waals surface area contributed by atoms with Crippen molar-refractivity contribution in [3.8, 4) is 5.75 Å². The van der Waals surface area contributed by atoms with Gasteiger partial charge in [-0.1, -0.05) is 18.6 Å². The fourth-order valence-corrected chi connectivity index (χ4v) is 5.78. The average Bonchev–Trinajstić information content (AvgIpc) is 3.06. The molecule has 0 atom stereocenters. The standard InChI is InChI=1S/C23H32N4O3S/c1-30-21-8-6-20(7-9-21)19-25-12-5-13-26(17-16-25)23-11-10-22(18-24-23)31(28,29)27-14-3-2-4-15-27/h6-11,18H,2-5,12-17,19H2,1H3. The number of rotatable bonds is 6. The third-order valence-electron chi connectivity index (χ3n) is 6.15. The maximum Gasteiger partial charge on any atom is 0.244 e. The van der Waals surface area contributed by atoms with Crippen LogP contribution < -0.4 is 9.64 Å². The van der Waals surface area contributed by atoms with Crippen LogP contribution in [-0.4, -0.2) is 69.0 Å². The van der Waals surface area contributed by atoms with E-state index < -0.39 is 10.0 Å². The summed E-state index contributed by atoms with van der Waals surface area (Å²) in [5, 5.41) is 0. The van der Waals surface area contributed by atoms with Crippen molar-refractivity contribution in [1.29, 1.82) is 0 Å². The molecule has 3 heterocycles. The van der Waals surface area contributed by atoms with Gasteiger partial charge < -0.3 is 9.64 Å². The van der Waals surface area contributed by atoms with E-state index in [-0.39, 0.29) is 0 Å². The van der Waals surface area contributed by atoms with Gasteiger partial charge in [0.25, 0.3) is 0 Å². The molecule has 2 saturated heterocycles. The molecule has 0 N–H and O–H groups in total. The minimum absolute atomic E-state index is 0.300. The molecule has 0 bridgehead atoms. The van der Waals surface area contributed by atoms with Gasteiger partial charge in [0.1, 0.15) is 16.5 Å². The quantitative estimate of drug-likeness (QED) is 0.683. The molecule has 2 aromatic rings. The van der Waals surface area contributed by atoms with Crippen molar-refractivity contribution in [3.05, 3.63) is 48.2 Å². The first kappa shape index (κ1) is 22.0. The smallest absolute Gasteiger partial charge is 0.244 e. The lowest BCUT2D eigenvalue weighted by Gasteiger charge is -2.26. The van der Waals surface area contributed by atoms with Crippen molar-refractivity contribution in [2.24, 2.45) is 0 Å². The molecule has 0 amide bonds. The van der Waals surface area contributed by atoms with Gasteiger partial charge in [-0.25, -0.2) is 13.4 Å². The van der Waals surface area contributed by atoms with Gasteiger partial charge in [-0.15, -0.1) is 0 Å². The largest absolute Gasteiger partial charge is 0.497 e. The molecule has 7 nitrogen and oxygen atoms in total. The number of methoxy groups -OCH3 is 1. The van der Waals surface area contributed by atoms with Gasteiger partial charge in [-0.05, 0) is 49.1 Å². The third kappa shape index (κ3) is 5.37. The highest BCUT2D eigenvalue weighted by atomic mass is 32.2. The van der Waals surface area contributed by atoms with Crippen LogP contribution in [0.2, 0.25) is 0 Å². The van der Waals surface area contributed by atoms with E-state index in [0.717, 1.165) is 70.0 Å². The number of hydrogen-bond donors (Lipinski definition) is 0. The third-order valence-corrected chi connectivity index (χ3v) is 8.03. The molecule has 0 saturated carbocycles. The number of ether oxygens (including phenoxy) is 1. The molecule has 0 spiro atoms. The number of sulfonamides is 1. The number of piperidine rings is 1. The van der Waals surface area contributed by atoms with Crippen LogP contribution >= 0.6 is 0 Å². The molecule has 31 heavy (non-hydrogen) atoms. The minimum atomic E-state index is -3.43. The second kappa shape index (κ2) is 9.97. The van der Waals surface area contributed by atoms with Gasteiger partial charge in [0.15, 0.2) is 0 Å². The Morgan fingerprint density at radius 1 is 0.871 bits per heavy atom. The van der Waals surface area contributed by atoms with E-state index in [2.05, 4.69) is 26.9 Å². The molecule has 0 unspecified atom stereocenters. The van der Waals surface area contributed by atoms with Gasteiger partial charge in [0.05, 0.1) is 7.11 Å². The molecule has 168 valence electrons. The molecule has 1 aromatic heterocycles. The number of anilines is 1. The highest BCUT2D eigenvalue weighted by Crippen LogP contribution is 2.22. The Bertz CT molecular complexity index is 942. The lowest BCUT2D eigenvalue weighted by Crippen LogP contribution is -2.35. The summed E-state index contributed by atoms with van der Waals surface area (Å²) in [5.74, 6) is 1.73. The Morgan fingerprint density at radius 3 is 2.32 bits per heavy atom. The lowest BCUT2D eigenvalue weighted by molar-refractivity contribution is 0.285. The topological polar surface area (TPSA) is 66.0 Å². The van der Waals surface area contributed by atoms with E-state index in [1.54, 1.807) is 17.5 Å². The van der Waals surface area contributed by atoms with Crippen LogP contribution in [0.1, 0.15) is 31.2 Å². The molecule has 2 aliphatic heterocycles. The van der Waals surface area contributed by atoms with Gasteiger partial charge in [-0.2, -0.15) is 4.31 Å². The number of benzene rings is 1. The molecular weight excluding hydrogens is 412 g/mol. The number of hydrogen-bond acceptors (Lipinski definition) is 6. The first-order valence-electron chi connectivity index (χ1n) is 11.1. The van der Waals surface area contributed by atoms with Crippen LogP contribution in [0.25, 0.3) is 0 Å². The predicted molar refractivity (Wildman–Crippen MR) is 122 cm³/mol. The molecule has 0 aliphatic carbocycles. The summed E-state index contributed by atoms with van der Waals surface area (Å²) in [7, 11) is -1.75. The zero-order valence-corrected chi connectivity index (χ0v) is 19.1. The van der Waals surface area contributed by atoms with Crippen molar-refractivity contribution in [2.45, 2.75) is 37.1 Å². The summed E-state index contributed by atoms with van der Waals surface area (Å²) in [6.07, 6.45) is 5.55. The predicted octanol–water partition coefficient (Wildman–Crippen LogP) is 2.98. The van der Waals surface area contributed by atoms with Gasteiger partial charge in [-0.3, -0.25) is 4.90 Å². The first-order valence-corrected chi connectivity index (χ1v) is 12.6. The van der Waals surface area contributed by atoms with Crippen molar-refractivity contribution in [2.75, 3.05) is 51.3 Å². The summed E-state index contributed by atoms with van der Waals surface area (Å²) in [6.45, 7) is 5.91. The monoisotopic (exact) mass is 444 g/mol. The molecular formula is C23H32N4O3S. The lowest BCUT2D eigenvalue weighted by atomic mass is 10.2. The van der Waals surface area contributed by atoms with Crippen LogP contribution in [0.15, 0.2) is 47.5 Å². The molecule has 4 rings (SSSR count). The number of pyridine rings is 1. The summed E-state index contributed by atoms with van der Waals surface area (Å²) >= 11 is 0. The summed E-state index contributed by atoms with van der Waals surface area (Å²) in [4.78, 5) is 9.53. The number of nitrogens with zero attached hydrogens (tertiary/aromatic N) is 4. The summed E-state index contributed by atoms with van der Waals surface area (Å²) in [5.41, 5.74) is 1.28. The van der Waals surface area contributed by atoms with Crippen molar-refractivity contribution < 1.29 is 13.2 Å². The molecule has 8 heteroatoms. The van der Waals surface area contributed by atoms with Gasteiger partial charge >= 0.3 is 0 Å². The Kier molecular flexibility index (Phi) is 7.09. The minimum Gasteiger partial charge on any atom is -0.497 e. The SMILES string of the molecule is COc1ccc(CN2CCCN(c3ccc(S(=O)(=O)N4CCCCC4)cn3)CC2)cc1. The average molecular weight is 445 g/mol. The Balaban J connectivity index is 1.36. The van der Waals surface area contributed by atoms with Crippen molar-refractivity contribution >= 4 is 15.8 Å². The molecule has 2 fully saturated rings. The summed E-state index contributed by atoms with van der Waals surface area (Å²) in [6, 6.07) is 11.8. The van der Waals surface area contributed by atoms with E-state index in [4.69, 9.17) is 4.74 Å². The van der Waals surface area contributed by atoms with Gasteiger partial charge in [0.2, 0.25) is 10.0 Å². The van der Waals surface area contributed by atoms with Gasteiger partial charge in [0, 0.05) is 52.0 Å². The second-order valence-corrected chi connectivity index (χ2v) is 10.2. The fourth-order valence-electron chi connectivity index (χ4n) is 4.31. The van der Waals surface area contributed by atoms with Crippen molar-refractivity contribution in [3.63, 3.8) is 0 Å². The normalized spacial score (nSPS) is 19.2. The van der Waals surface area contributed by atoms with Crippen LogP contribution in [0.3, 0.4) is 0 Å². The highest BCUT2D eigenvalue weighted by molar-refractivity contribution is 7.89. The number of aromatic nitrogens is 1. The molecule has 2 aliphatic rings. The van der Waals surface area contributed by atoms with E-state index in [0.29, 0.717) is 18.0 Å². The van der Waals surface area contributed by atoms with Crippen LogP contribution in [0.4, 0.5) is 5.82 Å². The zero-order chi connectivity index (χ0) is 21.7. The Labute approximate surface area is 185 Å². The maximum absolute atomic E-state index is 12.8. The molecule has 0 radical (unpaired) electrons. The summed E-state index contributed by atoms with van der Waals surface area (Å²) < 4.78 is 32.5. The van der Waals surface area contributed by atoms with E-state index in [1.165, 1.54) is 11.8 Å². The van der Waals surface area contributed by atoms with Crippen LogP contribution in [-0.2, 0) is 16.6 Å². The van der Waals surface area contributed by atoms with E-state index >= 15 is 0 Å². The first-order chi connectivity index (χ1) is 15.1. The van der Waals surface area contributed by atoms with E-state index in [9.17, 15) is 8.42 Å². The maximum atomic E-state index is 12.8. The Hall–Kier alpha value is -2.16.